The van der Waals surface area contributed by atoms with Crippen LogP contribution in [-0.4, -0.2) is 28.6 Å². The van der Waals surface area contributed by atoms with Crippen LogP contribution in [0.2, 0.25) is 10.0 Å². The lowest BCUT2D eigenvalue weighted by Gasteiger charge is -2.18. The van der Waals surface area contributed by atoms with Crippen LogP contribution in [0.1, 0.15) is 24.6 Å². The van der Waals surface area contributed by atoms with E-state index in [0.717, 1.165) is 41.3 Å². The van der Waals surface area contributed by atoms with Crippen LogP contribution >= 0.6 is 23.2 Å². The highest BCUT2D eigenvalue weighted by Gasteiger charge is 2.35. The van der Waals surface area contributed by atoms with Crippen molar-refractivity contribution in [2.24, 2.45) is 0 Å². The molecule has 33 heavy (non-hydrogen) atoms. The molecule has 1 fully saturated rings. The van der Waals surface area contributed by atoms with Crippen molar-refractivity contribution in [2.45, 2.75) is 25.3 Å². The molecule has 1 aliphatic rings. The number of ether oxygens (including phenoxy) is 1. The number of rotatable bonds is 7. The standard InChI is InChI=1S/C26H23Cl2N3O2/c27-19-10-12-20(13-11-19)33-15-5-14-30-24-9-4-2-7-22(24)29-26(30)18-16-25(32)31(17-18)23-8-3-1-6-21(23)28/h1-4,6-13,18H,5,14-17H2. The molecule has 0 radical (unpaired) electrons. The van der Waals surface area contributed by atoms with E-state index >= 15 is 0 Å². The Morgan fingerprint density at radius 2 is 1.73 bits per heavy atom. The van der Waals surface area contributed by atoms with Gasteiger partial charge in [0, 0.05) is 30.5 Å². The lowest BCUT2D eigenvalue weighted by atomic mass is 10.1. The maximum Gasteiger partial charge on any atom is 0.227 e. The Hall–Kier alpha value is -3.02. The fourth-order valence-electron chi connectivity index (χ4n) is 4.37. The highest BCUT2D eigenvalue weighted by Crippen LogP contribution is 2.36. The molecular formula is C26H23Cl2N3O2. The third-order valence-corrected chi connectivity index (χ3v) is 6.50. The monoisotopic (exact) mass is 479 g/mol. The van der Waals surface area contributed by atoms with E-state index in [2.05, 4.69) is 10.6 Å². The van der Waals surface area contributed by atoms with E-state index in [0.29, 0.717) is 29.6 Å². The fraction of sp³-hybridized carbons (Fsp3) is 0.231. The van der Waals surface area contributed by atoms with Crippen LogP contribution in [0.25, 0.3) is 11.0 Å². The van der Waals surface area contributed by atoms with Crippen molar-refractivity contribution in [2.75, 3.05) is 18.1 Å². The summed E-state index contributed by atoms with van der Waals surface area (Å²) in [6.07, 6.45) is 1.22. The molecule has 2 heterocycles. The largest absolute Gasteiger partial charge is 0.494 e. The number of nitrogens with zero attached hydrogens (tertiary/aromatic N) is 3. The summed E-state index contributed by atoms with van der Waals surface area (Å²) >= 11 is 12.3. The van der Waals surface area contributed by atoms with Gasteiger partial charge in [0.15, 0.2) is 0 Å². The predicted octanol–water partition coefficient (Wildman–Crippen LogP) is 6.33. The number of hydrogen-bond acceptors (Lipinski definition) is 3. The zero-order valence-corrected chi connectivity index (χ0v) is 19.5. The SMILES string of the molecule is O=C1CC(c2nc3ccccc3n2CCCOc2ccc(Cl)cc2)CN1c1ccccc1Cl. The maximum atomic E-state index is 12.9. The molecule has 1 aromatic heterocycles. The predicted molar refractivity (Wildman–Crippen MR) is 132 cm³/mol. The summed E-state index contributed by atoms with van der Waals surface area (Å²) in [4.78, 5) is 19.6. The Kier molecular flexibility index (Phi) is 6.25. The van der Waals surface area contributed by atoms with E-state index in [1.54, 1.807) is 4.90 Å². The number of imidazole rings is 1. The summed E-state index contributed by atoms with van der Waals surface area (Å²) in [7, 11) is 0. The zero-order chi connectivity index (χ0) is 22.8. The highest BCUT2D eigenvalue weighted by molar-refractivity contribution is 6.33. The van der Waals surface area contributed by atoms with Crippen molar-refractivity contribution in [3.8, 4) is 5.75 Å². The normalized spacial score (nSPS) is 16.0. The fourth-order valence-corrected chi connectivity index (χ4v) is 4.73. The van der Waals surface area contributed by atoms with Crippen LogP contribution in [0.4, 0.5) is 5.69 Å². The Bertz CT molecular complexity index is 1290. The number of aromatic nitrogens is 2. The molecule has 168 valence electrons. The van der Waals surface area contributed by atoms with Gasteiger partial charge in [-0.3, -0.25) is 4.79 Å². The minimum Gasteiger partial charge on any atom is -0.494 e. The van der Waals surface area contributed by atoms with E-state index in [1.807, 2.05) is 66.7 Å². The Balaban J connectivity index is 1.35. The second-order valence-electron chi connectivity index (χ2n) is 8.12. The molecule has 1 aliphatic heterocycles. The van der Waals surface area contributed by atoms with Crippen LogP contribution in [0.3, 0.4) is 0 Å². The van der Waals surface area contributed by atoms with Crippen LogP contribution in [-0.2, 0) is 11.3 Å². The van der Waals surface area contributed by atoms with Gasteiger partial charge in [0.05, 0.1) is 28.4 Å². The molecule has 5 rings (SSSR count). The molecule has 0 bridgehead atoms. The van der Waals surface area contributed by atoms with Crippen molar-refractivity contribution < 1.29 is 9.53 Å². The molecule has 3 aromatic carbocycles. The van der Waals surface area contributed by atoms with Crippen LogP contribution in [0, 0.1) is 0 Å². The quantitative estimate of drug-likeness (QED) is 0.291. The summed E-state index contributed by atoms with van der Waals surface area (Å²) in [5.41, 5.74) is 2.77. The molecule has 4 aromatic rings. The van der Waals surface area contributed by atoms with E-state index in [4.69, 9.17) is 32.9 Å². The Labute approximate surface area is 202 Å². The third kappa shape index (κ3) is 4.56. The highest BCUT2D eigenvalue weighted by atomic mass is 35.5. The third-order valence-electron chi connectivity index (χ3n) is 5.93. The topological polar surface area (TPSA) is 47.4 Å². The number of benzene rings is 3. The number of amides is 1. The maximum absolute atomic E-state index is 12.9. The summed E-state index contributed by atoms with van der Waals surface area (Å²) < 4.78 is 8.10. The van der Waals surface area contributed by atoms with Crippen LogP contribution in [0.5, 0.6) is 5.75 Å². The number of hydrogen-bond donors (Lipinski definition) is 0. The van der Waals surface area contributed by atoms with Gasteiger partial charge in [0.2, 0.25) is 5.91 Å². The second kappa shape index (κ2) is 9.46. The van der Waals surface area contributed by atoms with Crippen molar-refractivity contribution >= 4 is 45.8 Å². The first-order chi connectivity index (χ1) is 16.1. The smallest absolute Gasteiger partial charge is 0.227 e. The molecule has 1 atom stereocenters. The first-order valence-corrected chi connectivity index (χ1v) is 11.7. The number of anilines is 1. The van der Waals surface area contributed by atoms with Crippen molar-refractivity contribution in [1.29, 1.82) is 0 Å². The van der Waals surface area contributed by atoms with E-state index in [-0.39, 0.29) is 11.8 Å². The minimum atomic E-state index is -0.00152. The number of para-hydroxylation sites is 3. The first-order valence-electron chi connectivity index (χ1n) is 11.0. The minimum absolute atomic E-state index is 0.00152. The van der Waals surface area contributed by atoms with Crippen LogP contribution < -0.4 is 9.64 Å². The van der Waals surface area contributed by atoms with Gasteiger partial charge in [0.1, 0.15) is 11.6 Å². The van der Waals surface area contributed by atoms with Gasteiger partial charge in [-0.05, 0) is 55.0 Å². The van der Waals surface area contributed by atoms with Gasteiger partial charge in [-0.1, -0.05) is 47.5 Å². The summed E-state index contributed by atoms with van der Waals surface area (Å²) in [5.74, 6) is 1.80. The molecule has 0 aliphatic carbocycles. The molecule has 7 heteroatoms. The molecule has 0 N–H and O–H groups in total. The Morgan fingerprint density at radius 1 is 0.970 bits per heavy atom. The summed E-state index contributed by atoms with van der Waals surface area (Å²) in [5, 5.41) is 1.27. The van der Waals surface area contributed by atoms with Crippen molar-refractivity contribution in [3.63, 3.8) is 0 Å². The first kappa shape index (κ1) is 21.8. The average Bonchev–Trinajstić information content (AvgIpc) is 3.39. The van der Waals surface area contributed by atoms with Gasteiger partial charge in [-0.25, -0.2) is 4.98 Å². The van der Waals surface area contributed by atoms with Crippen molar-refractivity contribution in [1.82, 2.24) is 9.55 Å². The molecule has 1 saturated heterocycles. The number of halogens is 2. The van der Waals surface area contributed by atoms with E-state index in [1.165, 1.54) is 0 Å². The van der Waals surface area contributed by atoms with Crippen molar-refractivity contribution in [3.05, 3.63) is 88.7 Å². The van der Waals surface area contributed by atoms with E-state index < -0.39 is 0 Å². The van der Waals surface area contributed by atoms with Gasteiger partial charge < -0.3 is 14.2 Å². The van der Waals surface area contributed by atoms with Gasteiger partial charge in [-0.15, -0.1) is 0 Å². The lowest BCUT2D eigenvalue weighted by molar-refractivity contribution is -0.117. The lowest BCUT2D eigenvalue weighted by Crippen LogP contribution is -2.24. The molecule has 0 saturated carbocycles. The zero-order valence-electron chi connectivity index (χ0n) is 18.0. The Morgan fingerprint density at radius 3 is 2.55 bits per heavy atom. The van der Waals surface area contributed by atoms with Gasteiger partial charge >= 0.3 is 0 Å². The summed E-state index contributed by atoms with van der Waals surface area (Å²) in [6, 6.07) is 23.0. The van der Waals surface area contributed by atoms with Crippen LogP contribution in [0.15, 0.2) is 72.8 Å². The molecule has 1 unspecified atom stereocenters. The van der Waals surface area contributed by atoms with E-state index in [9.17, 15) is 4.79 Å². The second-order valence-corrected chi connectivity index (χ2v) is 8.97. The number of carbonyl (C=O) groups is 1. The van der Waals surface area contributed by atoms with Gasteiger partial charge in [0.25, 0.3) is 0 Å². The average molecular weight is 480 g/mol. The number of fused-ring (bicyclic) bond motifs is 1. The molecular weight excluding hydrogens is 457 g/mol. The number of aryl methyl sites for hydroxylation is 1. The molecule has 5 nitrogen and oxygen atoms in total. The molecule has 0 spiro atoms. The molecule has 1 amide bonds. The summed E-state index contributed by atoms with van der Waals surface area (Å²) in [6.45, 7) is 1.89. The van der Waals surface area contributed by atoms with Gasteiger partial charge in [-0.2, -0.15) is 0 Å². The number of carbonyl (C=O) groups excluding carboxylic acids is 1.